The highest BCUT2D eigenvalue weighted by atomic mass is 79.9. The maximum atomic E-state index is 4.43. The molecule has 0 heterocycles. The smallest absolute Gasteiger partial charge is 0.0494 e. The van der Waals surface area contributed by atoms with Crippen LogP contribution in [0.5, 0.6) is 0 Å². The van der Waals surface area contributed by atoms with E-state index in [1.54, 1.807) is 0 Å². The molecular formula is C10H18BrN. The first-order valence-electron chi connectivity index (χ1n) is 4.31. The van der Waals surface area contributed by atoms with Crippen LogP contribution < -0.4 is 0 Å². The summed E-state index contributed by atoms with van der Waals surface area (Å²) >= 11 is 3.42. The van der Waals surface area contributed by atoms with E-state index in [1.807, 2.05) is 13.1 Å². The molecule has 0 saturated carbocycles. The molecule has 1 atom stereocenters. The molecule has 1 nitrogen and oxygen atoms in total. The molecular weight excluding hydrogens is 214 g/mol. The Morgan fingerprint density at radius 1 is 1.25 bits per heavy atom. The largest absolute Gasteiger partial charge is 0.290 e. The van der Waals surface area contributed by atoms with Gasteiger partial charge in [-0.1, -0.05) is 29.8 Å². The predicted molar refractivity (Wildman–Crippen MR) is 60.1 cm³/mol. The molecule has 70 valence electrons. The van der Waals surface area contributed by atoms with E-state index in [-0.39, 0.29) is 0 Å². The van der Waals surface area contributed by atoms with E-state index in [4.69, 9.17) is 0 Å². The van der Waals surface area contributed by atoms with Crippen LogP contribution in [-0.2, 0) is 0 Å². The minimum atomic E-state index is 0.409. The Bertz CT molecular complexity index is 188. The Balaban J connectivity index is 4.17. The van der Waals surface area contributed by atoms with Gasteiger partial charge in [-0.25, -0.2) is 0 Å². The summed E-state index contributed by atoms with van der Waals surface area (Å²) in [6.07, 6.45) is 1.94. The van der Waals surface area contributed by atoms with Crippen molar-refractivity contribution in [1.82, 2.24) is 0 Å². The highest BCUT2D eigenvalue weighted by Gasteiger charge is 2.02. The fraction of sp³-hybridized carbons (Fsp3) is 0.700. The van der Waals surface area contributed by atoms with Crippen molar-refractivity contribution in [1.29, 1.82) is 0 Å². The van der Waals surface area contributed by atoms with Crippen molar-refractivity contribution in [2.75, 3.05) is 0 Å². The van der Waals surface area contributed by atoms with E-state index in [0.29, 0.717) is 12.0 Å². The Morgan fingerprint density at radius 3 is 2.08 bits per heavy atom. The van der Waals surface area contributed by atoms with Gasteiger partial charge in [0.1, 0.15) is 0 Å². The van der Waals surface area contributed by atoms with Gasteiger partial charge in [-0.15, -0.1) is 0 Å². The van der Waals surface area contributed by atoms with Crippen LogP contribution in [0.25, 0.3) is 0 Å². The topological polar surface area (TPSA) is 12.4 Å². The third-order valence-corrected chi connectivity index (χ3v) is 2.64. The standard InChI is InChI=1S/C10H18BrN/c1-7(2)10(5)12-6-8(3)9(4)11/h6-7,10H,1-5H3/b9-8+,12-6?. The molecule has 0 aromatic carbocycles. The van der Waals surface area contributed by atoms with Gasteiger partial charge in [-0.2, -0.15) is 0 Å². The zero-order valence-corrected chi connectivity index (χ0v) is 10.1. The van der Waals surface area contributed by atoms with Gasteiger partial charge in [-0.3, -0.25) is 4.99 Å². The normalized spacial score (nSPS) is 16.9. The highest BCUT2D eigenvalue weighted by molar-refractivity contribution is 9.11. The fourth-order valence-electron chi connectivity index (χ4n) is 0.490. The maximum absolute atomic E-state index is 4.43. The van der Waals surface area contributed by atoms with Crippen LogP contribution in [0.1, 0.15) is 34.6 Å². The third kappa shape index (κ3) is 4.70. The number of rotatable bonds is 3. The molecule has 0 bridgehead atoms. The number of nitrogens with zero attached hydrogens (tertiary/aromatic N) is 1. The van der Waals surface area contributed by atoms with Crippen LogP contribution in [0.15, 0.2) is 15.0 Å². The summed E-state index contributed by atoms with van der Waals surface area (Å²) in [4.78, 5) is 4.43. The van der Waals surface area contributed by atoms with Gasteiger partial charge in [0.05, 0.1) is 0 Å². The number of hydrogen-bond donors (Lipinski definition) is 0. The Kier molecular flexibility index (Phi) is 5.47. The Morgan fingerprint density at radius 2 is 1.75 bits per heavy atom. The molecule has 1 unspecified atom stereocenters. The summed E-state index contributed by atoms with van der Waals surface area (Å²) in [5.74, 6) is 0.615. The summed E-state index contributed by atoms with van der Waals surface area (Å²) in [5, 5.41) is 0. The molecule has 0 aliphatic carbocycles. The molecule has 0 fully saturated rings. The van der Waals surface area contributed by atoms with Crippen molar-refractivity contribution in [3.05, 3.63) is 10.1 Å². The predicted octanol–water partition coefficient (Wildman–Crippen LogP) is 3.79. The quantitative estimate of drug-likeness (QED) is 0.656. The summed E-state index contributed by atoms with van der Waals surface area (Å²) in [7, 11) is 0. The van der Waals surface area contributed by atoms with E-state index >= 15 is 0 Å². The molecule has 0 aromatic rings. The summed E-state index contributed by atoms with van der Waals surface area (Å²) in [5.41, 5.74) is 1.20. The first kappa shape index (κ1) is 11.9. The number of hydrogen-bond acceptors (Lipinski definition) is 1. The highest BCUT2D eigenvalue weighted by Crippen LogP contribution is 2.10. The van der Waals surface area contributed by atoms with Crippen molar-refractivity contribution >= 4 is 22.1 Å². The van der Waals surface area contributed by atoms with E-state index < -0.39 is 0 Å². The lowest BCUT2D eigenvalue weighted by Gasteiger charge is -2.09. The van der Waals surface area contributed by atoms with E-state index in [2.05, 4.69) is 48.6 Å². The van der Waals surface area contributed by atoms with Gasteiger partial charge < -0.3 is 0 Å². The van der Waals surface area contributed by atoms with Crippen LogP contribution in [0.3, 0.4) is 0 Å². The van der Waals surface area contributed by atoms with E-state index in [1.165, 1.54) is 5.57 Å². The second kappa shape index (κ2) is 5.52. The van der Waals surface area contributed by atoms with Crippen molar-refractivity contribution in [3.8, 4) is 0 Å². The molecule has 0 aliphatic rings. The molecule has 12 heavy (non-hydrogen) atoms. The monoisotopic (exact) mass is 231 g/mol. The van der Waals surface area contributed by atoms with Crippen LogP contribution in [0.2, 0.25) is 0 Å². The van der Waals surface area contributed by atoms with Crippen LogP contribution in [-0.4, -0.2) is 12.3 Å². The van der Waals surface area contributed by atoms with Crippen molar-refractivity contribution < 1.29 is 0 Å². The SMILES string of the molecule is C/C(Br)=C(/C)C=NC(C)C(C)C. The molecule has 0 saturated heterocycles. The van der Waals surface area contributed by atoms with E-state index in [0.717, 1.165) is 4.48 Å². The van der Waals surface area contributed by atoms with Crippen molar-refractivity contribution in [2.45, 2.75) is 40.7 Å². The molecule has 2 heteroatoms. The second-order valence-electron chi connectivity index (χ2n) is 3.48. The van der Waals surface area contributed by atoms with Crippen LogP contribution in [0.4, 0.5) is 0 Å². The van der Waals surface area contributed by atoms with Gasteiger partial charge in [0.25, 0.3) is 0 Å². The van der Waals surface area contributed by atoms with Crippen LogP contribution >= 0.6 is 15.9 Å². The fourth-order valence-corrected chi connectivity index (χ4v) is 0.593. The zero-order valence-electron chi connectivity index (χ0n) is 8.56. The summed E-state index contributed by atoms with van der Waals surface area (Å²) in [6.45, 7) is 10.6. The Labute approximate surface area is 84.1 Å². The molecule has 0 radical (unpaired) electrons. The Hall–Kier alpha value is -0.110. The average Bonchev–Trinajstić information content (AvgIpc) is 1.98. The first-order valence-corrected chi connectivity index (χ1v) is 5.10. The zero-order chi connectivity index (χ0) is 9.72. The van der Waals surface area contributed by atoms with Gasteiger partial charge >= 0.3 is 0 Å². The molecule has 0 rings (SSSR count). The van der Waals surface area contributed by atoms with Gasteiger partial charge in [0, 0.05) is 12.3 Å². The minimum absolute atomic E-state index is 0.409. The van der Waals surface area contributed by atoms with Crippen molar-refractivity contribution in [3.63, 3.8) is 0 Å². The summed E-state index contributed by atoms with van der Waals surface area (Å²) < 4.78 is 1.15. The lowest BCUT2D eigenvalue weighted by molar-refractivity contribution is 0.533. The van der Waals surface area contributed by atoms with E-state index in [9.17, 15) is 0 Å². The number of allylic oxidation sites excluding steroid dienone is 2. The molecule has 0 aromatic heterocycles. The van der Waals surface area contributed by atoms with Gasteiger partial charge in [-0.05, 0) is 36.7 Å². The molecule has 0 N–H and O–H groups in total. The van der Waals surface area contributed by atoms with Crippen LogP contribution in [0, 0.1) is 5.92 Å². The lowest BCUT2D eigenvalue weighted by Crippen LogP contribution is -2.07. The van der Waals surface area contributed by atoms with Gasteiger partial charge in [0.15, 0.2) is 0 Å². The number of aliphatic imine (C=N–C) groups is 1. The molecule has 0 amide bonds. The van der Waals surface area contributed by atoms with Crippen molar-refractivity contribution in [2.24, 2.45) is 10.9 Å². The molecule has 0 spiro atoms. The third-order valence-electron chi connectivity index (χ3n) is 2.01. The average molecular weight is 232 g/mol. The maximum Gasteiger partial charge on any atom is 0.0494 e. The lowest BCUT2D eigenvalue weighted by atomic mass is 10.1. The molecule has 0 aliphatic heterocycles. The minimum Gasteiger partial charge on any atom is -0.290 e. The number of halogens is 1. The second-order valence-corrected chi connectivity index (χ2v) is 4.67. The summed E-state index contributed by atoms with van der Waals surface area (Å²) in [6, 6.07) is 0.409. The first-order chi connectivity index (χ1) is 5.45. The van der Waals surface area contributed by atoms with Gasteiger partial charge in [0.2, 0.25) is 0 Å².